The van der Waals surface area contributed by atoms with Crippen LogP contribution in [-0.4, -0.2) is 24.7 Å². The third-order valence-electron chi connectivity index (χ3n) is 19.5. The molecule has 9 heteroatoms. The number of anilines is 12. The molecule has 6 aliphatic rings. The van der Waals surface area contributed by atoms with Gasteiger partial charge in [0.15, 0.2) is 0 Å². The van der Waals surface area contributed by atoms with Crippen molar-refractivity contribution in [1.82, 2.24) is 4.57 Å². The number of hydrogen-bond donors (Lipinski definition) is 0. The summed E-state index contributed by atoms with van der Waals surface area (Å²) in [6, 6.07) is 108. The van der Waals surface area contributed by atoms with Crippen molar-refractivity contribution >= 4 is 159 Å². The van der Waals surface area contributed by atoms with Crippen LogP contribution in [-0.2, 0) is 0 Å². The van der Waals surface area contributed by atoms with E-state index >= 15 is 0 Å². The molecule has 0 bridgehead atoms. The van der Waals surface area contributed by atoms with E-state index in [1.54, 1.807) is 0 Å². The molecule has 0 radical (unpaired) electrons. The summed E-state index contributed by atoms with van der Waals surface area (Å²) in [5, 5.41) is 2.43. The van der Waals surface area contributed by atoms with E-state index in [-0.39, 0.29) is 20.1 Å². The van der Waals surface area contributed by atoms with Crippen LogP contribution in [0.3, 0.4) is 0 Å². The Kier molecular flexibility index (Phi) is 9.61. The topological polar surface area (TPSA) is 27.1 Å². The minimum Gasteiger partial charge on any atom is -0.458 e. The summed E-state index contributed by atoms with van der Waals surface area (Å²) in [7, 11) is 0. The first-order valence-corrected chi connectivity index (χ1v) is 30.3. The van der Waals surface area contributed by atoms with Crippen LogP contribution in [0.4, 0.5) is 68.2 Å². The molecular formula is C78H48B3N5O. The van der Waals surface area contributed by atoms with E-state index in [0.29, 0.717) is 0 Å². The Morgan fingerprint density at radius 1 is 0.241 bits per heavy atom. The molecule has 6 aliphatic heterocycles. The van der Waals surface area contributed by atoms with Crippen molar-refractivity contribution in [3.8, 4) is 28.3 Å². The summed E-state index contributed by atoms with van der Waals surface area (Å²) in [6.45, 7) is -0.260. The SMILES string of the molecule is c1ccc(N2c3ccccc3B3c4cc5c(cc4Oc4cc(-c6ccc7c(c6)c6ccccc6n7-c6ccccc6)cc2c43)N(c2ccccc2)c2cc3c4c6c2B5c2ccccc2N6c2ccccc2B4c2ccccc2N3c2ccccc2)cc1. The number of para-hydroxylation sites is 9. The smallest absolute Gasteiger partial charge is 0.256 e. The second-order valence-corrected chi connectivity index (χ2v) is 23.9. The van der Waals surface area contributed by atoms with Gasteiger partial charge in [0.2, 0.25) is 0 Å². The Balaban J connectivity index is 0.855. The maximum Gasteiger partial charge on any atom is 0.256 e. The Morgan fingerprint density at radius 2 is 0.678 bits per heavy atom. The molecule has 0 aliphatic carbocycles. The quantitative estimate of drug-likeness (QED) is 0.160. The summed E-state index contributed by atoms with van der Waals surface area (Å²) in [5.74, 6) is 1.73. The summed E-state index contributed by atoms with van der Waals surface area (Å²) in [4.78, 5) is 10.2. The fourth-order valence-electron chi connectivity index (χ4n) is 16.2. The predicted molar refractivity (Wildman–Crippen MR) is 365 cm³/mol. The van der Waals surface area contributed by atoms with Gasteiger partial charge in [-0.15, -0.1) is 0 Å². The van der Waals surface area contributed by atoms with Crippen molar-refractivity contribution in [2.75, 3.05) is 19.6 Å². The normalized spacial score (nSPS) is 13.9. The van der Waals surface area contributed by atoms with Crippen LogP contribution in [0.25, 0.3) is 38.6 Å². The highest BCUT2D eigenvalue weighted by Crippen LogP contribution is 2.51. The summed E-state index contributed by atoms with van der Waals surface area (Å²) >= 11 is 0. The van der Waals surface area contributed by atoms with Gasteiger partial charge in [-0.3, -0.25) is 0 Å². The molecule has 7 heterocycles. The zero-order valence-electron chi connectivity index (χ0n) is 47.1. The first kappa shape index (κ1) is 47.2. The third kappa shape index (κ3) is 6.42. The monoisotopic (exact) mass is 1100 g/mol. The zero-order valence-corrected chi connectivity index (χ0v) is 47.1. The van der Waals surface area contributed by atoms with E-state index in [2.05, 4.69) is 315 Å². The Hall–Kier alpha value is -11.1. The number of ether oxygens (including phenoxy) is 1. The van der Waals surface area contributed by atoms with E-state index < -0.39 is 0 Å². The average molecular weight is 1100 g/mol. The fourth-order valence-corrected chi connectivity index (χ4v) is 16.2. The van der Waals surface area contributed by atoms with Gasteiger partial charge in [0.05, 0.1) is 11.0 Å². The van der Waals surface area contributed by atoms with E-state index in [1.165, 1.54) is 99.4 Å². The Bertz CT molecular complexity index is 5260. The largest absolute Gasteiger partial charge is 0.458 e. The minimum absolute atomic E-state index is 0.000965. The third-order valence-corrected chi connectivity index (χ3v) is 19.5. The van der Waals surface area contributed by atoms with Crippen molar-refractivity contribution in [2.24, 2.45) is 0 Å². The predicted octanol–water partition coefficient (Wildman–Crippen LogP) is 13.6. The zero-order chi connectivity index (χ0) is 56.6. The van der Waals surface area contributed by atoms with Gasteiger partial charge < -0.3 is 28.9 Å². The summed E-state index contributed by atoms with van der Waals surface area (Å²) in [5.41, 5.74) is 31.1. The molecule has 0 saturated carbocycles. The van der Waals surface area contributed by atoms with Crippen LogP contribution in [0, 0.1) is 0 Å². The molecule has 0 N–H and O–H groups in total. The van der Waals surface area contributed by atoms with Crippen LogP contribution in [0.1, 0.15) is 0 Å². The van der Waals surface area contributed by atoms with Crippen molar-refractivity contribution < 1.29 is 4.74 Å². The number of rotatable bonds is 5. The van der Waals surface area contributed by atoms with Gasteiger partial charge in [0.25, 0.3) is 20.1 Å². The molecule has 87 heavy (non-hydrogen) atoms. The summed E-state index contributed by atoms with van der Waals surface area (Å²) < 4.78 is 10.1. The Labute approximate surface area is 504 Å². The first-order valence-electron chi connectivity index (χ1n) is 30.3. The Morgan fingerprint density at radius 3 is 1.24 bits per heavy atom. The van der Waals surface area contributed by atoms with E-state index in [9.17, 15) is 0 Å². The lowest BCUT2D eigenvalue weighted by Gasteiger charge is -2.51. The molecule has 0 saturated heterocycles. The molecule has 1 aromatic heterocycles. The van der Waals surface area contributed by atoms with Crippen LogP contribution in [0.5, 0.6) is 11.5 Å². The molecule has 14 aromatic rings. The maximum absolute atomic E-state index is 7.73. The van der Waals surface area contributed by atoms with Crippen LogP contribution in [0.15, 0.2) is 291 Å². The number of hydrogen-bond acceptors (Lipinski definition) is 5. The van der Waals surface area contributed by atoms with E-state index in [4.69, 9.17) is 4.74 Å². The molecule has 13 aromatic carbocycles. The first-order chi connectivity index (χ1) is 43.2. The lowest BCUT2D eigenvalue weighted by Crippen LogP contribution is -2.69. The minimum atomic E-state index is -0.142. The van der Waals surface area contributed by atoms with Crippen molar-refractivity contribution in [2.45, 2.75) is 0 Å². The van der Waals surface area contributed by atoms with Crippen molar-refractivity contribution in [3.63, 3.8) is 0 Å². The number of benzene rings is 13. The fraction of sp³-hybridized carbons (Fsp3) is 0. The van der Waals surface area contributed by atoms with Crippen molar-refractivity contribution in [1.29, 1.82) is 0 Å². The number of fused-ring (bicyclic) bond motifs is 17. The van der Waals surface area contributed by atoms with Gasteiger partial charge in [-0.05, 0) is 169 Å². The highest BCUT2D eigenvalue weighted by Gasteiger charge is 2.53. The van der Waals surface area contributed by atoms with Gasteiger partial charge in [0.1, 0.15) is 11.5 Å². The van der Waals surface area contributed by atoms with Crippen LogP contribution in [0.2, 0.25) is 0 Å². The molecular weight excluding hydrogens is 1060 g/mol. The highest BCUT2D eigenvalue weighted by molar-refractivity contribution is 7.05. The lowest BCUT2D eigenvalue weighted by atomic mass is 9.28. The van der Waals surface area contributed by atoms with Crippen LogP contribution >= 0.6 is 0 Å². The second kappa shape index (κ2) is 17.7. The molecule has 6 nitrogen and oxygen atoms in total. The van der Waals surface area contributed by atoms with E-state index in [0.717, 1.165) is 68.1 Å². The van der Waals surface area contributed by atoms with Crippen LogP contribution < -0.4 is 73.5 Å². The van der Waals surface area contributed by atoms with Gasteiger partial charge in [-0.2, -0.15) is 0 Å². The standard InChI is InChI=1S/C78H48B3N5O/c1-5-23-51(24-6-1)82-63-36-18-13-31-55(63)56-43-49(41-42-64(56)82)50-44-70-75-74(45-50)87-73-48-69-61(46-62(73)81(75)58-33-15-20-38-66(58)83(70)52-25-7-2-8-26-52)80-60-35-17-22-40-68(60)86-67-39-21-16-34-59(67)79-57-32-14-19-37-65(57)84(53-27-9-3-10-28-53)71-47-72(77(80)78(86)76(71)79)85(69)54-29-11-4-12-30-54/h1-48H. The average Bonchev–Trinajstić information content (AvgIpc) is 1.36. The van der Waals surface area contributed by atoms with Gasteiger partial charge in [0, 0.05) is 90.8 Å². The molecule has 0 unspecified atom stereocenters. The number of aromatic nitrogens is 1. The highest BCUT2D eigenvalue weighted by atomic mass is 16.5. The molecule has 0 fully saturated rings. The molecule has 0 amide bonds. The van der Waals surface area contributed by atoms with Gasteiger partial charge in [-0.25, -0.2) is 0 Å². The number of nitrogens with zero attached hydrogens (tertiary/aromatic N) is 5. The molecule has 400 valence electrons. The van der Waals surface area contributed by atoms with E-state index in [1.807, 2.05) is 0 Å². The molecule has 0 atom stereocenters. The molecule has 20 rings (SSSR count). The van der Waals surface area contributed by atoms with Gasteiger partial charge in [-0.1, -0.05) is 176 Å². The lowest BCUT2D eigenvalue weighted by molar-refractivity contribution is 0.488. The van der Waals surface area contributed by atoms with Crippen molar-refractivity contribution in [3.05, 3.63) is 291 Å². The molecule has 0 spiro atoms. The maximum atomic E-state index is 7.73. The summed E-state index contributed by atoms with van der Waals surface area (Å²) in [6.07, 6.45) is 0. The second-order valence-electron chi connectivity index (χ2n) is 23.9. The van der Waals surface area contributed by atoms with Gasteiger partial charge >= 0.3 is 0 Å².